The zero-order valence-electron chi connectivity index (χ0n) is 14.1. The van der Waals surface area contributed by atoms with Crippen LogP contribution in [0.4, 0.5) is 4.39 Å². The summed E-state index contributed by atoms with van der Waals surface area (Å²) in [6.45, 7) is 2.60. The lowest BCUT2D eigenvalue weighted by Crippen LogP contribution is -2.37. The zero-order chi connectivity index (χ0) is 18.3. The molecule has 0 atom stereocenters. The Kier molecular flexibility index (Phi) is 3.91. The van der Waals surface area contributed by atoms with E-state index in [-0.39, 0.29) is 23.0 Å². The number of hydrogen-bond acceptors (Lipinski definition) is 4. The van der Waals surface area contributed by atoms with Crippen LogP contribution in [0.25, 0.3) is 5.69 Å². The molecule has 1 aliphatic rings. The molecule has 1 aliphatic heterocycles. The summed E-state index contributed by atoms with van der Waals surface area (Å²) >= 11 is 0. The monoisotopic (exact) mass is 353 g/mol. The van der Waals surface area contributed by atoms with Crippen LogP contribution in [-0.2, 0) is 13.0 Å². The van der Waals surface area contributed by atoms with E-state index in [4.69, 9.17) is 4.42 Å². The van der Waals surface area contributed by atoms with E-state index in [0.717, 1.165) is 11.1 Å². The third kappa shape index (κ3) is 2.81. The number of pyridine rings is 1. The van der Waals surface area contributed by atoms with E-state index in [1.807, 2.05) is 0 Å². The van der Waals surface area contributed by atoms with E-state index in [9.17, 15) is 14.0 Å². The van der Waals surface area contributed by atoms with Crippen molar-refractivity contribution in [1.82, 2.24) is 14.5 Å². The van der Waals surface area contributed by atoms with Gasteiger partial charge < -0.3 is 9.32 Å². The minimum absolute atomic E-state index is 0.179. The van der Waals surface area contributed by atoms with Crippen molar-refractivity contribution in [3.8, 4) is 5.69 Å². The Morgan fingerprint density at radius 3 is 2.69 bits per heavy atom. The van der Waals surface area contributed by atoms with Gasteiger partial charge in [0.25, 0.3) is 11.5 Å². The largest absolute Gasteiger partial charge is 0.438 e. The van der Waals surface area contributed by atoms with E-state index >= 15 is 0 Å². The van der Waals surface area contributed by atoms with Crippen molar-refractivity contribution in [3.63, 3.8) is 0 Å². The molecule has 0 radical (unpaired) electrons. The Labute approximate surface area is 148 Å². The number of rotatable bonds is 2. The van der Waals surface area contributed by atoms with Gasteiger partial charge in [0.05, 0.1) is 5.69 Å². The van der Waals surface area contributed by atoms with Gasteiger partial charge in [-0.15, -0.1) is 0 Å². The quantitative estimate of drug-likeness (QED) is 0.710. The second-order valence-electron chi connectivity index (χ2n) is 6.25. The number of hydrogen-bond donors (Lipinski definition) is 0. The first kappa shape index (κ1) is 16.3. The van der Waals surface area contributed by atoms with E-state index in [2.05, 4.69) is 4.98 Å². The maximum absolute atomic E-state index is 13.1. The normalized spacial score (nSPS) is 13.5. The molecule has 7 heteroatoms. The van der Waals surface area contributed by atoms with Gasteiger partial charge in [0.1, 0.15) is 5.82 Å². The van der Waals surface area contributed by atoms with Crippen molar-refractivity contribution in [3.05, 3.63) is 81.7 Å². The number of carbonyl (C=O) groups is 1. The molecule has 1 amide bonds. The molecule has 4 rings (SSSR count). The SMILES string of the molecule is Cc1ncoc1C(=O)N1CCc2cc(=O)n(-c3ccc(F)cc3)cc2C1. The Balaban J connectivity index is 1.67. The van der Waals surface area contributed by atoms with Gasteiger partial charge in [-0.2, -0.15) is 0 Å². The molecule has 0 N–H and O–H groups in total. The fourth-order valence-corrected chi connectivity index (χ4v) is 3.16. The highest BCUT2D eigenvalue weighted by Crippen LogP contribution is 2.21. The number of nitrogens with zero attached hydrogens (tertiary/aromatic N) is 3. The Morgan fingerprint density at radius 1 is 1.23 bits per heavy atom. The molecule has 132 valence electrons. The van der Waals surface area contributed by atoms with Gasteiger partial charge in [-0.3, -0.25) is 14.2 Å². The first-order valence-electron chi connectivity index (χ1n) is 8.22. The van der Waals surface area contributed by atoms with Crippen LogP contribution >= 0.6 is 0 Å². The number of amides is 1. The Hall–Kier alpha value is -3.22. The molecule has 0 saturated carbocycles. The number of benzene rings is 1. The lowest BCUT2D eigenvalue weighted by molar-refractivity contribution is 0.0701. The zero-order valence-corrected chi connectivity index (χ0v) is 14.1. The van der Waals surface area contributed by atoms with Gasteiger partial charge in [-0.1, -0.05) is 0 Å². The molecule has 0 bridgehead atoms. The van der Waals surface area contributed by atoms with Crippen LogP contribution in [0.15, 0.2) is 52.1 Å². The average Bonchev–Trinajstić information content (AvgIpc) is 3.07. The molecule has 3 aromatic rings. The van der Waals surface area contributed by atoms with Gasteiger partial charge in [0.2, 0.25) is 5.76 Å². The fourth-order valence-electron chi connectivity index (χ4n) is 3.16. The number of oxazole rings is 1. The molecular formula is C19H16FN3O3. The predicted octanol–water partition coefficient (Wildman–Crippen LogP) is 2.47. The van der Waals surface area contributed by atoms with Gasteiger partial charge in [-0.25, -0.2) is 9.37 Å². The van der Waals surface area contributed by atoms with Gasteiger partial charge in [0.15, 0.2) is 6.39 Å². The summed E-state index contributed by atoms with van der Waals surface area (Å²) in [6.07, 6.45) is 3.57. The standard InChI is InChI=1S/C19H16FN3O3/c1-12-18(26-11-21-12)19(25)22-7-6-13-8-17(24)23(10-14(13)9-22)16-4-2-15(20)3-5-16/h2-5,8,10-11H,6-7,9H2,1H3. The summed E-state index contributed by atoms with van der Waals surface area (Å²) in [5.41, 5.74) is 2.75. The average molecular weight is 353 g/mol. The van der Waals surface area contributed by atoms with Crippen molar-refractivity contribution in [1.29, 1.82) is 0 Å². The fraction of sp³-hybridized carbons (Fsp3) is 0.211. The van der Waals surface area contributed by atoms with Crippen molar-refractivity contribution >= 4 is 5.91 Å². The molecule has 3 heterocycles. The number of aryl methyl sites for hydroxylation is 1. The summed E-state index contributed by atoms with van der Waals surface area (Å²) in [4.78, 5) is 30.7. The summed E-state index contributed by atoms with van der Waals surface area (Å²) in [6, 6.07) is 7.30. The Morgan fingerprint density at radius 2 is 2.00 bits per heavy atom. The molecule has 6 nitrogen and oxygen atoms in total. The highest BCUT2D eigenvalue weighted by atomic mass is 19.1. The number of aromatic nitrogens is 2. The maximum atomic E-state index is 13.1. The molecule has 0 unspecified atom stereocenters. The van der Waals surface area contributed by atoms with E-state index in [1.165, 1.54) is 23.1 Å². The van der Waals surface area contributed by atoms with Crippen LogP contribution in [0.1, 0.15) is 27.4 Å². The lowest BCUT2D eigenvalue weighted by atomic mass is 10.0. The van der Waals surface area contributed by atoms with E-state index in [0.29, 0.717) is 30.9 Å². The summed E-state index contributed by atoms with van der Waals surface area (Å²) < 4.78 is 19.8. The van der Waals surface area contributed by atoms with Gasteiger partial charge in [0, 0.05) is 31.0 Å². The third-order valence-electron chi connectivity index (χ3n) is 4.58. The first-order chi connectivity index (χ1) is 12.5. The number of halogens is 1. The lowest BCUT2D eigenvalue weighted by Gasteiger charge is -2.28. The molecule has 0 spiro atoms. The molecule has 0 saturated heterocycles. The van der Waals surface area contributed by atoms with Crippen LogP contribution in [-0.4, -0.2) is 26.9 Å². The van der Waals surface area contributed by atoms with Crippen LogP contribution in [0.3, 0.4) is 0 Å². The topological polar surface area (TPSA) is 68.3 Å². The number of fused-ring (bicyclic) bond motifs is 1. The molecule has 26 heavy (non-hydrogen) atoms. The van der Waals surface area contributed by atoms with Crippen LogP contribution in [0.2, 0.25) is 0 Å². The van der Waals surface area contributed by atoms with Crippen molar-refractivity contribution < 1.29 is 13.6 Å². The minimum Gasteiger partial charge on any atom is -0.438 e. The molecule has 0 aliphatic carbocycles. The van der Waals surface area contributed by atoms with Crippen LogP contribution < -0.4 is 5.56 Å². The Bertz CT molecular complexity index is 1040. The van der Waals surface area contributed by atoms with Gasteiger partial charge >= 0.3 is 0 Å². The second-order valence-corrected chi connectivity index (χ2v) is 6.25. The highest BCUT2D eigenvalue weighted by Gasteiger charge is 2.26. The maximum Gasteiger partial charge on any atom is 0.291 e. The van der Waals surface area contributed by atoms with E-state index < -0.39 is 0 Å². The van der Waals surface area contributed by atoms with E-state index in [1.54, 1.807) is 36.2 Å². The summed E-state index contributed by atoms with van der Waals surface area (Å²) in [7, 11) is 0. The van der Waals surface area contributed by atoms with Crippen LogP contribution in [0, 0.1) is 12.7 Å². The molecule has 0 fully saturated rings. The highest BCUT2D eigenvalue weighted by molar-refractivity contribution is 5.92. The van der Waals surface area contributed by atoms with Gasteiger partial charge in [-0.05, 0) is 48.7 Å². The summed E-state index contributed by atoms with van der Waals surface area (Å²) in [5, 5.41) is 0. The summed E-state index contributed by atoms with van der Waals surface area (Å²) in [5.74, 6) is -0.343. The van der Waals surface area contributed by atoms with Crippen molar-refractivity contribution in [2.45, 2.75) is 19.9 Å². The van der Waals surface area contributed by atoms with Crippen molar-refractivity contribution in [2.75, 3.05) is 6.54 Å². The first-order valence-corrected chi connectivity index (χ1v) is 8.22. The molecular weight excluding hydrogens is 337 g/mol. The van der Waals surface area contributed by atoms with Crippen molar-refractivity contribution in [2.24, 2.45) is 0 Å². The third-order valence-corrected chi connectivity index (χ3v) is 4.58. The molecule has 1 aromatic carbocycles. The van der Waals surface area contributed by atoms with Crippen LogP contribution in [0.5, 0.6) is 0 Å². The second kappa shape index (κ2) is 6.25. The minimum atomic E-state index is -0.362. The smallest absolute Gasteiger partial charge is 0.291 e. The molecule has 2 aromatic heterocycles. The number of carbonyl (C=O) groups excluding carboxylic acids is 1. The predicted molar refractivity (Wildman–Crippen MR) is 91.7 cm³/mol.